The van der Waals surface area contributed by atoms with Crippen LogP contribution in [0.2, 0.25) is 5.02 Å². The fourth-order valence-corrected chi connectivity index (χ4v) is 3.34. The van der Waals surface area contributed by atoms with Gasteiger partial charge in [0.15, 0.2) is 5.11 Å². The van der Waals surface area contributed by atoms with Crippen molar-refractivity contribution in [3.05, 3.63) is 72.1 Å². The zero-order valence-electron chi connectivity index (χ0n) is 14.5. The highest BCUT2D eigenvalue weighted by Gasteiger charge is 2.11. The van der Waals surface area contributed by atoms with Crippen molar-refractivity contribution in [3.63, 3.8) is 0 Å². The van der Waals surface area contributed by atoms with Gasteiger partial charge in [-0.15, -0.1) is 0 Å². The zero-order chi connectivity index (χ0) is 18.8. The van der Waals surface area contributed by atoms with Crippen LogP contribution >= 0.6 is 23.8 Å². The Hall–Kier alpha value is -2.96. The Balaban J connectivity index is 1.64. The molecule has 2 aromatic heterocycles. The molecule has 0 unspecified atom stereocenters. The first-order valence-corrected chi connectivity index (χ1v) is 9.09. The van der Waals surface area contributed by atoms with E-state index in [4.69, 9.17) is 23.8 Å². The van der Waals surface area contributed by atoms with Gasteiger partial charge in [-0.25, -0.2) is 0 Å². The van der Waals surface area contributed by atoms with Crippen molar-refractivity contribution in [1.82, 2.24) is 14.8 Å². The van der Waals surface area contributed by atoms with Gasteiger partial charge in [0.05, 0.1) is 22.6 Å². The summed E-state index contributed by atoms with van der Waals surface area (Å²) in [6.07, 6.45) is 5.35. The van der Waals surface area contributed by atoms with Crippen molar-refractivity contribution in [1.29, 1.82) is 0 Å². The number of fused-ring (bicyclic) bond motifs is 1. The molecule has 134 valence electrons. The summed E-state index contributed by atoms with van der Waals surface area (Å²) in [6, 6.07) is 15.8. The first kappa shape index (κ1) is 17.5. The summed E-state index contributed by atoms with van der Waals surface area (Å²) in [5.41, 5.74) is 3.33. The van der Waals surface area contributed by atoms with Gasteiger partial charge >= 0.3 is 0 Å². The van der Waals surface area contributed by atoms with Crippen LogP contribution in [-0.2, 0) is 7.05 Å². The fraction of sp³-hybridized carbons (Fsp3) is 0.0500. The molecule has 4 aromatic rings. The van der Waals surface area contributed by atoms with E-state index in [-0.39, 0.29) is 0 Å². The zero-order valence-corrected chi connectivity index (χ0v) is 16.1. The summed E-state index contributed by atoms with van der Waals surface area (Å²) in [4.78, 5) is 4.56. The van der Waals surface area contributed by atoms with Gasteiger partial charge in [0.25, 0.3) is 0 Å². The number of anilines is 2. The molecule has 0 atom stereocenters. The fourth-order valence-electron chi connectivity index (χ4n) is 2.90. The van der Waals surface area contributed by atoms with Crippen LogP contribution in [0.4, 0.5) is 11.4 Å². The number of pyridine rings is 1. The highest BCUT2D eigenvalue weighted by Crippen LogP contribution is 2.33. The van der Waals surface area contributed by atoms with Gasteiger partial charge in [-0.05, 0) is 41.9 Å². The number of hydrogen-bond donors (Lipinski definition) is 2. The van der Waals surface area contributed by atoms with Crippen molar-refractivity contribution in [2.24, 2.45) is 7.05 Å². The minimum absolute atomic E-state index is 0.474. The van der Waals surface area contributed by atoms with Gasteiger partial charge < -0.3 is 10.6 Å². The molecule has 0 spiro atoms. The SMILES string of the molecule is Cn1cc(NC(=S)Nc2ccc(Cl)c(-c3nccc4ccccc34)c2)cn1. The van der Waals surface area contributed by atoms with Crippen molar-refractivity contribution in [2.45, 2.75) is 0 Å². The van der Waals surface area contributed by atoms with Gasteiger partial charge in [-0.1, -0.05) is 35.9 Å². The summed E-state index contributed by atoms with van der Waals surface area (Å²) < 4.78 is 1.71. The van der Waals surface area contributed by atoms with Gasteiger partial charge in [-0.3, -0.25) is 9.67 Å². The summed E-state index contributed by atoms with van der Waals surface area (Å²) in [7, 11) is 1.85. The highest BCUT2D eigenvalue weighted by molar-refractivity contribution is 7.80. The summed E-state index contributed by atoms with van der Waals surface area (Å²) >= 11 is 11.9. The van der Waals surface area contributed by atoms with Crippen molar-refractivity contribution in [2.75, 3.05) is 10.6 Å². The number of aromatic nitrogens is 3. The summed E-state index contributed by atoms with van der Waals surface area (Å²) in [5.74, 6) is 0. The summed E-state index contributed by atoms with van der Waals surface area (Å²) in [6.45, 7) is 0. The van der Waals surface area contributed by atoms with Crippen LogP contribution in [0.15, 0.2) is 67.1 Å². The number of nitrogens with one attached hydrogen (secondary N) is 2. The topological polar surface area (TPSA) is 54.8 Å². The van der Waals surface area contributed by atoms with Crippen LogP contribution in [0, 0.1) is 0 Å². The quantitative estimate of drug-likeness (QED) is 0.474. The smallest absolute Gasteiger partial charge is 0.175 e. The van der Waals surface area contributed by atoms with Gasteiger partial charge in [0.2, 0.25) is 0 Å². The third-order valence-corrected chi connectivity index (χ3v) is 4.65. The molecule has 0 radical (unpaired) electrons. The average molecular weight is 394 g/mol. The molecule has 0 aliphatic heterocycles. The predicted octanol–water partition coefficient (Wildman–Crippen LogP) is 5.10. The van der Waals surface area contributed by atoms with Crippen LogP contribution < -0.4 is 10.6 Å². The third kappa shape index (κ3) is 3.77. The largest absolute Gasteiger partial charge is 0.332 e. The first-order valence-electron chi connectivity index (χ1n) is 8.30. The number of aryl methyl sites for hydroxylation is 1. The van der Waals surface area contributed by atoms with Crippen LogP contribution in [0.1, 0.15) is 0 Å². The predicted molar refractivity (Wildman–Crippen MR) is 115 cm³/mol. The molecule has 0 amide bonds. The van der Waals surface area contributed by atoms with Gasteiger partial charge in [0, 0.05) is 36.1 Å². The minimum Gasteiger partial charge on any atom is -0.332 e. The van der Waals surface area contributed by atoms with E-state index in [1.807, 2.05) is 55.7 Å². The second kappa shape index (κ2) is 7.34. The lowest BCUT2D eigenvalue weighted by Gasteiger charge is -2.12. The maximum Gasteiger partial charge on any atom is 0.175 e. The molecule has 4 rings (SSSR count). The second-order valence-electron chi connectivity index (χ2n) is 6.06. The van der Waals surface area contributed by atoms with Crippen molar-refractivity contribution < 1.29 is 0 Å². The van der Waals surface area contributed by atoms with Crippen LogP contribution in [0.25, 0.3) is 22.0 Å². The summed E-state index contributed by atoms with van der Waals surface area (Å²) in [5, 5.41) is 13.7. The Morgan fingerprint density at radius 1 is 1.07 bits per heavy atom. The molecule has 0 aliphatic rings. The van der Waals surface area contributed by atoms with E-state index >= 15 is 0 Å². The lowest BCUT2D eigenvalue weighted by molar-refractivity contribution is 0.768. The lowest BCUT2D eigenvalue weighted by atomic mass is 10.0. The number of rotatable bonds is 3. The number of thiocarbonyl (C=S) groups is 1. The molecule has 5 nitrogen and oxygen atoms in total. The van der Waals surface area contributed by atoms with E-state index in [1.165, 1.54) is 0 Å². The van der Waals surface area contributed by atoms with Crippen LogP contribution in [0.5, 0.6) is 0 Å². The Morgan fingerprint density at radius 2 is 1.89 bits per heavy atom. The highest BCUT2D eigenvalue weighted by atomic mass is 35.5. The molecule has 2 aromatic carbocycles. The Morgan fingerprint density at radius 3 is 2.70 bits per heavy atom. The van der Waals surface area contributed by atoms with Crippen molar-refractivity contribution >= 4 is 51.1 Å². The monoisotopic (exact) mass is 393 g/mol. The molecule has 0 aliphatic carbocycles. The molecule has 2 N–H and O–H groups in total. The number of hydrogen-bond acceptors (Lipinski definition) is 3. The average Bonchev–Trinajstić information content (AvgIpc) is 3.07. The van der Waals surface area contributed by atoms with Crippen LogP contribution in [-0.4, -0.2) is 19.9 Å². The number of nitrogens with zero attached hydrogens (tertiary/aromatic N) is 3. The Bertz CT molecular complexity index is 1130. The lowest BCUT2D eigenvalue weighted by Crippen LogP contribution is -2.18. The van der Waals surface area contributed by atoms with E-state index in [2.05, 4.69) is 26.8 Å². The van der Waals surface area contributed by atoms with Crippen molar-refractivity contribution in [3.8, 4) is 11.3 Å². The Labute approximate surface area is 167 Å². The number of benzene rings is 2. The molecular weight excluding hydrogens is 378 g/mol. The van der Waals surface area contributed by atoms with Gasteiger partial charge in [0.1, 0.15) is 0 Å². The third-order valence-electron chi connectivity index (χ3n) is 4.12. The molecule has 27 heavy (non-hydrogen) atoms. The maximum absolute atomic E-state index is 6.47. The first-order chi connectivity index (χ1) is 13.1. The Kier molecular flexibility index (Phi) is 4.75. The second-order valence-corrected chi connectivity index (χ2v) is 6.87. The molecule has 2 heterocycles. The molecule has 0 saturated heterocycles. The van der Waals surface area contributed by atoms with Crippen LogP contribution in [0.3, 0.4) is 0 Å². The molecule has 0 bridgehead atoms. The normalized spacial score (nSPS) is 10.7. The van der Waals surface area contributed by atoms with E-state index in [1.54, 1.807) is 17.1 Å². The molecule has 0 saturated carbocycles. The van der Waals surface area contributed by atoms with E-state index in [0.717, 1.165) is 33.4 Å². The molecule has 0 fully saturated rings. The van der Waals surface area contributed by atoms with E-state index < -0.39 is 0 Å². The number of halogens is 1. The molecule has 7 heteroatoms. The van der Waals surface area contributed by atoms with E-state index in [9.17, 15) is 0 Å². The standard InChI is InChI=1S/C20H16ClN5S/c1-26-12-15(11-23-26)25-20(27)24-14-6-7-18(21)17(10-14)19-16-5-3-2-4-13(16)8-9-22-19/h2-12H,1H3,(H2,24,25,27). The van der Waals surface area contributed by atoms with Gasteiger partial charge in [-0.2, -0.15) is 5.10 Å². The maximum atomic E-state index is 6.47. The minimum atomic E-state index is 0.474. The van der Waals surface area contributed by atoms with E-state index in [0.29, 0.717) is 10.1 Å². The molecular formula is C20H16ClN5S.